The summed E-state index contributed by atoms with van der Waals surface area (Å²) >= 11 is 0. The first-order valence-electron chi connectivity index (χ1n) is 10.8. The van der Waals surface area contributed by atoms with E-state index >= 15 is 0 Å². The van der Waals surface area contributed by atoms with Gasteiger partial charge in [0.15, 0.2) is 6.29 Å². The summed E-state index contributed by atoms with van der Waals surface area (Å²) < 4.78 is 10.8. The summed E-state index contributed by atoms with van der Waals surface area (Å²) in [6, 6.07) is 20.7. The van der Waals surface area contributed by atoms with E-state index in [1.54, 1.807) is 18.2 Å². The van der Waals surface area contributed by atoms with Crippen molar-refractivity contribution >= 4 is 22.4 Å². The second-order valence-corrected chi connectivity index (χ2v) is 8.03. The van der Waals surface area contributed by atoms with Crippen molar-refractivity contribution in [3.63, 3.8) is 0 Å². The maximum atomic E-state index is 12.6. The van der Waals surface area contributed by atoms with Gasteiger partial charge in [0.2, 0.25) is 0 Å². The maximum absolute atomic E-state index is 12.6. The Hall–Kier alpha value is -2.85. The van der Waals surface area contributed by atoms with Gasteiger partial charge >= 0.3 is 0 Å². The zero-order valence-electron chi connectivity index (χ0n) is 17.9. The van der Waals surface area contributed by atoms with Gasteiger partial charge in [-0.2, -0.15) is 0 Å². The molecule has 1 aliphatic heterocycles. The van der Waals surface area contributed by atoms with Gasteiger partial charge in [0.05, 0.1) is 13.2 Å². The minimum absolute atomic E-state index is 0.186. The highest BCUT2D eigenvalue weighted by Gasteiger charge is 2.43. The lowest BCUT2D eigenvalue weighted by molar-refractivity contribution is -0.300. The van der Waals surface area contributed by atoms with Crippen molar-refractivity contribution in [3.8, 4) is 0 Å². The van der Waals surface area contributed by atoms with E-state index in [1.165, 1.54) is 0 Å². The van der Waals surface area contributed by atoms with E-state index < -0.39 is 37.3 Å². The number of hydrogen-bond donors (Lipinski definition) is 5. The molecule has 0 spiro atoms. The lowest BCUT2D eigenvalue weighted by Gasteiger charge is -2.39. The SMILES string of the molecule is O=C(Nc1ccc(CCO[C@@H]2O[C@H](CO)[C@@H](O)[C@H](O)[C@H]2O)cc1)c1ccc2ccccc2c1. The molecule has 0 radical (unpaired) electrons. The van der Waals surface area contributed by atoms with Gasteiger partial charge in [0.25, 0.3) is 5.91 Å². The fraction of sp³-hybridized carbons (Fsp3) is 0.320. The summed E-state index contributed by atoms with van der Waals surface area (Å²) in [5.41, 5.74) is 2.17. The van der Waals surface area contributed by atoms with Crippen LogP contribution < -0.4 is 5.32 Å². The van der Waals surface area contributed by atoms with E-state index in [0.29, 0.717) is 17.7 Å². The molecule has 1 aliphatic rings. The van der Waals surface area contributed by atoms with Crippen LogP contribution in [0.25, 0.3) is 10.8 Å². The van der Waals surface area contributed by atoms with Crippen LogP contribution in [-0.2, 0) is 15.9 Å². The second-order valence-electron chi connectivity index (χ2n) is 8.03. The molecule has 5 atom stereocenters. The molecule has 3 aromatic carbocycles. The number of carbonyl (C=O) groups is 1. The van der Waals surface area contributed by atoms with Crippen molar-refractivity contribution < 1.29 is 34.7 Å². The molecule has 0 aromatic heterocycles. The van der Waals surface area contributed by atoms with E-state index in [-0.39, 0.29) is 12.5 Å². The Labute approximate surface area is 191 Å². The van der Waals surface area contributed by atoms with Crippen LogP contribution in [0.2, 0.25) is 0 Å². The molecule has 0 unspecified atom stereocenters. The Balaban J connectivity index is 1.29. The minimum atomic E-state index is -1.47. The third kappa shape index (κ3) is 5.39. The third-order valence-electron chi connectivity index (χ3n) is 5.74. The average molecular weight is 453 g/mol. The van der Waals surface area contributed by atoms with Crippen molar-refractivity contribution in [2.45, 2.75) is 37.1 Å². The van der Waals surface area contributed by atoms with E-state index in [4.69, 9.17) is 9.47 Å². The molecular formula is C25H27NO7. The average Bonchev–Trinajstić information content (AvgIpc) is 2.84. The van der Waals surface area contributed by atoms with Gasteiger partial charge < -0.3 is 35.2 Å². The van der Waals surface area contributed by atoms with Crippen LogP contribution in [0.5, 0.6) is 0 Å². The number of aliphatic hydroxyl groups excluding tert-OH is 4. The highest BCUT2D eigenvalue weighted by molar-refractivity contribution is 6.06. The number of aliphatic hydroxyl groups is 4. The number of benzene rings is 3. The lowest BCUT2D eigenvalue weighted by Crippen LogP contribution is -2.59. The smallest absolute Gasteiger partial charge is 0.255 e. The number of hydrogen-bond acceptors (Lipinski definition) is 7. The molecule has 0 saturated carbocycles. The predicted molar refractivity (Wildman–Crippen MR) is 122 cm³/mol. The van der Waals surface area contributed by atoms with Crippen LogP contribution in [0.4, 0.5) is 5.69 Å². The molecule has 0 bridgehead atoms. The maximum Gasteiger partial charge on any atom is 0.255 e. The normalized spacial score (nSPS) is 25.2. The molecule has 33 heavy (non-hydrogen) atoms. The summed E-state index contributed by atoms with van der Waals surface area (Å²) in [4.78, 5) is 12.6. The summed E-state index contributed by atoms with van der Waals surface area (Å²) in [5, 5.41) is 43.8. The lowest BCUT2D eigenvalue weighted by atomic mass is 9.99. The van der Waals surface area contributed by atoms with Gasteiger partial charge in [-0.05, 0) is 47.0 Å². The first kappa shape index (κ1) is 23.3. The molecule has 8 nitrogen and oxygen atoms in total. The summed E-state index contributed by atoms with van der Waals surface area (Å²) in [6.45, 7) is -0.317. The number of anilines is 1. The first-order valence-corrected chi connectivity index (χ1v) is 10.8. The van der Waals surface area contributed by atoms with E-state index in [1.807, 2.05) is 48.5 Å². The van der Waals surface area contributed by atoms with Gasteiger partial charge in [-0.3, -0.25) is 4.79 Å². The number of carbonyl (C=O) groups excluding carboxylic acids is 1. The highest BCUT2D eigenvalue weighted by atomic mass is 16.7. The Morgan fingerprint density at radius 3 is 2.36 bits per heavy atom. The Kier molecular flexibility index (Phi) is 7.34. The van der Waals surface area contributed by atoms with Crippen LogP contribution in [0.3, 0.4) is 0 Å². The van der Waals surface area contributed by atoms with E-state index in [0.717, 1.165) is 16.3 Å². The fourth-order valence-corrected chi connectivity index (χ4v) is 3.79. The summed E-state index contributed by atoms with van der Waals surface area (Å²) in [6.07, 6.45) is -5.96. The second kappa shape index (κ2) is 10.4. The summed E-state index contributed by atoms with van der Waals surface area (Å²) in [5.74, 6) is -0.195. The van der Waals surface area contributed by atoms with Crippen molar-refractivity contribution in [1.82, 2.24) is 0 Å². The predicted octanol–water partition coefficient (Wildman–Crippen LogP) is 1.45. The molecule has 8 heteroatoms. The van der Waals surface area contributed by atoms with E-state index in [2.05, 4.69) is 5.32 Å². The minimum Gasteiger partial charge on any atom is -0.394 e. The monoisotopic (exact) mass is 453 g/mol. The molecule has 4 rings (SSSR count). The Morgan fingerprint density at radius 1 is 0.909 bits per heavy atom. The standard InChI is InChI=1S/C25H27NO7/c27-14-20-21(28)22(29)23(30)25(33-20)32-12-11-15-5-9-19(10-6-15)26-24(31)18-8-7-16-3-1-2-4-17(16)13-18/h1-10,13,20-23,25,27-30H,11-12,14H2,(H,26,31)/t20-,21-,22+,23-,25-/m1/s1. The molecule has 1 fully saturated rings. The molecule has 1 heterocycles. The largest absolute Gasteiger partial charge is 0.394 e. The van der Waals surface area contributed by atoms with Gasteiger partial charge in [-0.25, -0.2) is 0 Å². The first-order chi connectivity index (χ1) is 16.0. The number of ether oxygens (including phenoxy) is 2. The Morgan fingerprint density at radius 2 is 1.64 bits per heavy atom. The molecule has 3 aromatic rings. The molecular weight excluding hydrogens is 426 g/mol. The van der Waals surface area contributed by atoms with Crippen molar-refractivity contribution in [2.24, 2.45) is 0 Å². The molecule has 1 saturated heterocycles. The highest BCUT2D eigenvalue weighted by Crippen LogP contribution is 2.22. The molecule has 5 N–H and O–H groups in total. The van der Waals surface area contributed by atoms with Crippen LogP contribution in [0.1, 0.15) is 15.9 Å². The summed E-state index contributed by atoms with van der Waals surface area (Å²) in [7, 11) is 0. The topological polar surface area (TPSA) is 128 Å². The number of rotatable bonds is 7. The third-order valence-corrected chi connectivity index (χ3v) is 5.74. The zero-order valence-corrected chi connectivity index (χ0v) is 17.9. The number of nitrogens with one attached hydrogen (secondary N) is 1. The van der Waals surface area contributed by atoms with Crippen LogP contribution in [0.15, 0.2) is 66.7 Å². The molecule has 0 aliphatic carbocycles. The molecule has 174 valence electrons. The zero-order chi connectivity index (χ0) is 23.4. The number of fused-ring (bicyclic) bond motifs is 1. The van der Waals surface area contributed by atoms with Crippen molar-refractivity contribution in [3.05, 3.63) is 77.9 Å². The van der Waals surface area contributed by atoms with Crippen LogP contribution >= 0.6 is 0 Å². The molecule has 1 amide bonds. The number of amides is 1. The van der Waals surface area contributed by atoms with Crippen LogP contribution in [-0.4, -0.2) is 70.3 Å². The van der Waals surface area contributed by atoms with Gasteiger partial charge in [-0.1, -0.05) is 42.5 Å². The van der Waals surface area contributed by atoms with Gasteiger partial charge in [0, 0.05) is 11.3 Å². The quantitative estimate of drug-likeness (QED) is 0.366. The van der Waals surface area contributed by atoms with Crippen LogP contribution in [0, 0.1) is 0 Å². The fourth-order valence-electron chi connectivity index (χ4n) is 3.79. The van der Waals surface area contributed by atoms with Gasteiger partial charge in [0.1, 0.15) is 24.4 Å². The van der Waals surface area contributed by atoms with E-state index in [9.17, 15) is 25.2 Å². The van der Waals surface area contributed by atoms with Gasteiger partial charge in [-0.15, -0.1) is 0 Å². The Bertz CT molecular complexity index is 1090. The van der Waals surface area contributed by atoms with Crippen molar-refractivity contribution in [1.29, 1.82) is 0 Å². The van der Waals surface area contributed by atoms with Crippen molar-refractivity contribution in [2.75, 3.05) is 18.5 Å².